The van der Waals surface area contributed by atoms with Crippen molar-refractivity contribution in [3.8, 4) is 17.6 Å². The lowest BCUT2D eigenvalue weighted by Gasteiger charge is -2.39. The van der Waals surface area contributed by atoms with Gasteiger partial charge in [-0.25, -0.2) is 9.65 Å². The van der Waals surface area contributed by atoms with Gasteiger partial charge >= 0.3 is 0 Å². The zero-order valence-corrected chi connectivity index (χ0v) is 36.2. The highest BCUT2D eigenvalue weighted by molar-refractivity contribution is 7.44. The number of rotatable bonds is 19. The molecule has 318 valence electrons. The molecule has 60 heavy (non-hydrogen) atoms. The number of carbonyl (C=O) groups excluding carboxylic acids is 1. The minimum Gasteiger partial charge on any atom is -0.497 e. The number of ether oxygens (including phenoxy) is 4. The summed E-state index contributed by atoms with van der Waals surface area (Å²) in [5.41, 5.74) is 1.24. The van der Waals surface area contributed by atoms with E-state index in [-0.39, 0.29) is 60.7 Å². The predicted molar refractivity (Wildman–Crippen MR) is 228 cm³/mol. The average Bonchev–Trinajstić information content (AvgIpc) is 3.85. The van der Waals surface area contributed by atoms with Crippen LogP contribution in [0.2, 0.25) is 0 Å². The number of hydrogen-bond acceptors (Lipinski definition) is 12. The number of anilines is 1. The van der Waals surface area contributed by atoms with Gasteiger partial charge in [-0.05, 0) is 68.7 Å². The number of H-pyrrole nitrogens is 1. The quantitative estimate of drug-likeness (QED) is 0.0472. The molecule has 0 aliphatic carbocycles. The SMILES string of the molecule is COc1ccc(C(OC[C@H]2O[C@@H](n3cnc4c(=O)[nH]c(NC(=O)C(C)C)nc43)CC2OP(OCCC#N)N(C(C)C)C(C)C)(c2ccccc2)c2ccc(OC)cc2)cc1. The highest BCUT2D eigenvalue weighted by Gasteiger charge is 2.45. The molecule has 1 fully saturated rings. The van der Waals surface area contributed by atoms with E-state index in [1.807, 2.05) is 78.9 Å². The molecular weight excluding hydrogens is 785 g/mol. The second-order valence-electron chi connectivity index (χ2n) is 15.3. The third-order valence-corrected chi connectivity index (χ3v) is 12.4. The Balaban J connectivity index is 1.45. The maximum Gasteiger partial charge on any atom is 0.280 e. The molecule has 15 nitrogen and oxygen atoms in total. The van der Waals surface area contributed by atoms with Gasteiger partial charge in [0.05, 0.1) is 52.4 Å². The van der Waals surface area contributed by atoms with Crippen LogP contribution in [-0.4, -0.2) is 81.8 Å². The first-order valence-electron chi connectivity index (χ1n) is 20.1. The molecule has 16 heteroatoms. The van der Waals surface area contributed by atoms with Gasteiger partial charge < -0.3 is 28.0 Å². The molecule has 4 atom stereocenters. The van der Waals surface area contributed by atoms with Crippen LogP contribution in [0.5, 0.6) is 11.5 Å². The lowest BCUT2D eigenvalue weighted by Crippen LogP contribution is -2.39. The number of amides is 1. The van der Waals surface area contributed by atoms with E-state index in [1.165, 1.54) is 6.33 Å². The lowest BCUT2D eigenvalue weighted by molar-refractivity contribution is -0.118. The molecule has 1 amide bonds. The van der Waals surface area contributed by atoms with Crippen molar-refractivity contribution in [2.75, 3.05) is 32.8 Å². The van der Waals surface area contributed by atoms with E-state index >= 15 is 0 Å². The number of nitrogens with one attached hydrogen (secondary N) is 2. The van der Waals surface area contributed by atoms with Gasteiger partial charge in [-0.1, -0.05) is 68.4 Å². The van der Waals surface area contributed by atoms with Crippen LogP contribution >= 0.6 is 8.53 Å². The van der Waals surface area contributed by atoms with Crippen LogP contribution < -0.4 is 20.3 Å². The van der Waals surface area contributed by atoms with Crippen LogP contribution in [0.4, 0.5) is 5.95 Å². The van der Waals surface area contributed by atoms with Crippen molar-refractivity contribution in [2.24, 2.45) is 5.92 Å². The van der Waals surface area contributed by atoms with Gasteiger partial charge in [-0.3, -0.25) is 24.5 Å². The van der Waals surface area contributed by atoms with Gasteiger partial charge in [0.15, 0.2) is 11.2 Å². The van der Waals surface area contributed by atoms with E-state index in [9.17, 15) is 14.9 Å². The molecule has 3 heterocycles. The van der Waals surface area contributed by atoms with Gasteiger partial charge in [-0.15, -0.1) is 0 Å². The maximum absolute atomic E-state index is 13.2. The second kappa shape index (κ2) is 19.9. The molecule has 0 radical (unpaired) electrons. The minimum atomic E-state index is -1.70. The Morgan fingerprint density at radius 1 is 0.967 bits per heavy atom. The van der Waals surface area contributed by atoms with Crippen molar-refractivity contribution in [2.45, 2.75) is 90.5 Å². The zero-order chi connectivity index (χ0) is 43.0. The molecule has 2 aromatic heterocycles. The summed E-state index contributed by atoms with van der Waals surface area (Å²) in [6.07, 6.45) is -0.0106. The topological polar surface area (TPSA) is 175 Å². The smallest absolute Gasteiger partial charge is 0.280 e. The molecule has 1 aliphatic rings. The molecule has 2 unspecified atom stereocenters. The number of aromatic nitrogens is 4. The van der Waals surface area contributed by atoms with Gasteiger partial charge in [-0.2, -0.15) is 10.2 Å². The van der Waals surface area contributed by atoms with E-state index in [0.717, 1.165) is 16.7 Å². The highest BCUT2D eigenvalue weighted by Crippen LogP contribution is 2.51. The predicted octanol–water partition coefficient (Wildman–Crippen LogP) is 7.69. The van der Waals surface area contributed by atoms with Crippen LogP contribution in [-0.2, 0) is 28.9 Å². The van der Waals surface area contributed by atoms with E-state index in [4.69, 9.17) is 28.0 Å². The molecular formula is C44H54N7O8P. The van der Waals surface area contributed by atoms with Gasteiger partial charge in [0.2, 0.25) is 11.9 Å². The van der Waals surface area contributed by atoms with Crippen LogP contribution in [0.1, 0.15) is 77.3 Å². The van der Waals surface area contributed by atoms with Crippen LogP contribution in [0.15, 0.2) is 90.0 Å². The van der Waals surface area contributed by atoms with E-state index < -0.39 is 38.1 Å². The number of aromatic amines is 1. The maximum atomic E-state index is 13.2. The van der Waals surface area contributed by atoms with Gasteiger partial charge in [0.1, 0.15) is 29.4 Å². The van der Waals surface area contributed by atoms with Crippen molar-refractivity contribution < 1.29 is 32.8 Å². The second-order valence-corrected chi connectivity index (χ2v) is 16.7. The third-order valence-electron chi connectivity index (χ3n) is 10.2. The molecule has 1 aliphatic heterocycles. The summed E-state index contributed by atoms with van der Waals surface area (Å²) in [4.78, 5) is 37.4. The van der Waals surface area contributed by atoms with Crippen molar-refractivity contribution in [1.29, 1.82) is 5.26 Å². The largest absolute Gasteiger partial charge is 0.497 e. The highest BCUT2D eigenvalue weighted by atomic mass is 31.2. The number of nitriles is 1. The van der Waals surface area contributed by atoms with Gasteiger partial charge in [0.25, 0.3) is 14.1 Å². The number of benzene rings is 3. The summed E-state index contributed by atoms with van der Waals surface area (Å²) in [5, 5.41) is 12.1. The fourth-order valence-electron chi connectivity index (χ4n) is 7.28. The number of imidazole rings is 1. The normalized spacial score (nSPS) is 17.4. The molecule has 1 saturated heterocycles. The first kappa shape index (κ1) is 44.4. The van der Waals surface area contributed by atoms with Gasteiger partial charge in [0, 0.05) is 24.4 Å². The molecule has 0 bridgehead atoms. The van der Waals surface area contributed by atoms with E-state index in [0.29, 0.717) is 17.9 Å². The molecule has 0 spiro atoms. The summed E-state index contributed by atoms with van der Waals surface area (Å²) in [5.74, 6) is 0.758. The first-order valence-corrected chi connectivity index (χ1v) is 21.2. The van der Waals surface area contributed by atoms with Crippen molar-refractivity contribution in [1.82, 2.24) is 24.2 Å². The Kier molecular flexibility index (Phi) is 14.7. The van der Waals surface area contributed by atoms with Crippen molar-refractivity contribution in [3.05, 3.63) is 112 Å². The zero-order valence-electron chi connectivity index (χ0n) is 35.3. The van der Waals surface area contributed by atoms with Crippen molar-refractivity contribution in [3.63, 3.8) is 0 Å². The fraction of sp³-hybridized carbons (Fsp3) is 0.432. The fourth-order valence-corrected chi connectivity index (χ4v) is 9.04. The molecule has 6 rings (SSSR count). The summed E-state index contributed by atoms with van der Waals surface area (Å²) < 4.78 is 42.5. The molecule has 0 saturated carbocycles. The Labute approximate surface area is 351 Å². The minimum absolute atomic E-state index is 0.00387. The lowest BCUT2D eigenvalue weighted by atomic mass is 9.80. The number of nitrogens with zero attached hydrogens (tertiary/aromatic N) is 5. The Bertz CT molecular complexity index is 2220. The van der Waals surface area contributed by atoms with Crippen LogP contribution in [0, 0.1) is 17.2 Å². The van der Waals surface area contributed by atoms with Crippen LogP contribution in [0.25, 0.3) is 11.2 Å². The molecule has 3 aromatic carbocycles. The summed E-state index contributed by atoms with van der Waals surface area (Å²) >= 11 is 0. The summed E-state index contributed by atoms with van der Waals surface area (Å²) in [7, 11) is 1.56. The van der Waals surface area contributed by atoms with Crippen LogP contribution in [0.3, 0.4) is 0 Å². The first-order chi connectivity index (χ1) is 28.9. The number of fused-ring (bicyclic) bond motifs is 1. The monoisotopic (exact) mass is 839 g/mol. The van der Waals surface area contributed by atoms with E-state index in [1.54, 1.807) is 32.6 Å². The summed E-state index contributed by atoms with van der Waals surface area (Å²) in [6.45, 7) is 12.0. The Hall–Kier alpha value is -5.20. The Morgan fingerprint density at radius 2 is 1.57 bits per heavy atom. The molecule has 5 aromatic rings. The average molecular weight is 840 g/mol. The number of carbonyl (C=O) groups is 1. The Morgan fingerprint density at radius 3 is 2.12 bits per heavy atom. The third kappa shape index (κ3) is 9.71. The van der Waals surface area contributed by atoms with Crippen molar-refractivity contribution >= 4 is 31.5 Å². The molecule has 2 N–H and O–H groups in total. The summed E-state index contributed by atoms with van der Waals surface area (Å²) in [6, 6.07) is 27.8. The number of methoxy groups -OCH3 is 2. The standard InChI is InChI=1S/C44H54N7O8P/c1-28(2)41(52)48-43-47-40-39(42(53)49-43)46-27-50(40)38-25-36(59-60(57-24-12-23-45)51(29(3)4)30(5)6)37(58-38)26-56-44(31-13-10-9-11-14-31,32-15-19-34(54-7)20-16-32)33-17-21-35(55-8)22-18-33/h9-11,13-22,27-30,36-38H,12,24-26H2,1-8H3,(H2,47,48,49,52,53)/t36?,37-,38-,60?/m1/s1. The van der Waals surface area contributed by atoms with E-state index in [2.05, 4.69) is 58.7 Å². The number of hydrogen-bond donors (Lipinski definition) is 2.